The lowest BCUT2D eigenvalue weighted by molar-refractivity contribution is -0.126. The van der Waals surface area contributed by atoms with Gasteiger partial charge in [0.25, 0.3) is 5.95 Å². The Morgan fingerprint density at radius 3 is 2.94 bits per heavy atom. The molecular formula is C12H13NO4. The van der Waals surface area contributed by atoms with Gasteiger partial charge in [-0.25, -0.2) is 0 Å². The van der Waals surface area contributed by atoms with E-state index in [2.05, 4.69) is 5.32 Å². The number of amides is 2. The molecular weight excluding hydrogens is 222 g/mol. The number of methoxy groups -OCH3 is 1. The summed E-state index contributed by atoms with van der Waals surface area (Å²) < 4.78 is 10.6. The van der Waals surface area contributed by atoms with Crippen molar-refractivity contribution in [3.63, 3.8) is 0 Å². The molecule has 0 saturated carbocycles. The second-order valence-electron chi connectivity index (χ2n) is 4.60. The van der Waals surface area contributed by atoms with E-state index in [-0.39, 0.29) is 18.2 Å². The number of ether oxygens (including phenoxy) is 1. The Hall–Kier alpha value is -1.78. The molecule has 1 N–H and O–H groups in total. The third-order valence-corrected chi connectivity index (χ3v) is 3.66. The quantitative estimate of drug-likeness (QED) is 0.734. The fraction of sp³-hybridized carbons (Fsp3) is 0.500. The summed E-state index contributed by atoms with van der Waals surface area (Å²) in [4.78, 5) is 23.4. The molecule has 0 bridgehead atoms. The summed E-state index contributed by atoms with van der Waals surface area (Å²) in [6, 6.07) is 1.74. The highest BCUT2D eigenvalue weighted by atomic mass is 16.6. The molecule has 0 aromatic carbocycles. The highest BCUT2D eigenvalue weighted by Gasteiger charge is 2.51. The molecule has 1 aliphatic heterocycles. The summed E-state index contributed by atoms with van der Waals surface area (Å²) in [6.45, 7) is 0. The summed E-state index contributed by atoms with van der Waals surface area (Å²) >= 11 is 0. The Bertz CT molecular complexity index is 505. The second-order valence-corrected chi connectivity index (χ2v) is 4.60. The number of carbonyl (C=O) groups excluding carboxylic acids is 2. The van der Waals surface area contributed by atoms with Crippen molar-refractivity contribution in [1.29, 1.82) is 0 Å². The number of nitrogens with one attached hydrogen (secondary N) is 1. The predicted octanol–water partition coefficient (Wildman–Crippen LogP) is 0.909. The van der Waals surface area contributed by atoms with Crippen LogP contribution in [0, 0.1) is 0 Å². The van der Waals surface area contributed by atoms with Crippen LogP contribution in [0.5, 0.6) is 5.95 Å². The van der Waals surface area contributed by atoms with Crippen molar-refractivity contribution in [2.45, 2.75) is 31.1 Å². The van der Waals surface area contributed by atoms with Crippen LogP contribution in [-0.4, -0.2) is 18.9 Å². The van der Waals surface area contributed by atoms with E-state index >= 15 is 0 Å². The first-order valence-corrected chi connectivity index (χ1v) is 5.67. The fourth-order valence-electron chi connectivity index (χ4n) is 2.85. The van der Waals surface area contributed by atoms with Crippen LogP contribution in [0.3, 0.4) is 0 Å². The van der Waals surface area contributed by atoms with E-state index < -0.39 is 5.41 Å². The number of imide groups is 1. The molecule has 5 heteroatoms. The normalized spacial score (nSPS) is 27.1. The molecule has 1 fully saturated rings. The van der Waals surface area contributed by atoms with Crippen LogP contribution in [0.2, 0.25) is 0 Å². The minimum absolute atomic E-state index is 0.202. The standard InChI is InChI=1S/C12H13NO4/c1-16-10-5-7-8(17-10)3-2-4-12(7)6-9(14)13-11(12)15/h5H,2-4,6H2,1H3,(H,13,14,15). The van der Waals surface area contributed by atoms with Crippen LogP contribution in [-0.2, 0) is 21.4 Å². The van der Waals surface area contributed by atoms with Crippen molar-refractivity contribution in [1.82, 2.24) is 5.32 Å². The van der Waals surface area contributed by atoms with Crippen LogP contribution >= 0.6 is 0 Å². The number of rotatable bonds is 1. The minimum Gasteiger partial charge on any atom is -0.468 e. The van der Waals surface area contributed by atoms with Crippen LogP contribution in [0.1, 0.15) is 30.6 Å². The van der Waals surface area contributed by atoms with Crippen molar-refractivity contribution < 1.29 is 18.7 Å². The second kappa shape index (κ2) is 3.35. The lowest BCUT2D eigenvalue weighted by atomic mass is 9.71. The SMILES string of the molecule is COc1cc2c(o1)CCCC21CC(=O)NC1=O. The van der Waals surface area contributed by atoms with E-state index in [0.717, 1.165) is 24.2 Å². The maximum Gasteiger partial charge on any atom is 0.284 e. The molecule has 1 spiro atoms. The lowest BCUT2D eigenvalue weighted by Gasteiger charge is -2.28. The van der Waals surface area contributed by atoms with Gasteiger partial charge in [-0.1, -0.05) is 0 Å². The topological polar surface area (TPSA) is 68.5 Å². The number of fused-ring (bicyclic) bond motifs is 2. The first-order valence-electron chi connectivity index (χ1n) is 5.67. The van der Waals surface area contributed by atoms with Gasteiger partial charge in [-0.15, -0.1) is 0 Å². The Kier molecular flexibility index (Phi) is 2.05. The van der Waals surface area contributed by atoms with Crippen LogP contribution in [0.15, 0.2) is 10.5 Å². The van der Waals surface area contributed by atoms with Gasteiger partial charge in [0, 0.05) is 24.5 Å². The van der Waals surface area contributed by atoms with E-state index in [0.29, 0.717) is 12.4 Å². The molecule has 1 atom stereocenters. The Labute approximate surface area is 98.1 Å². The van der Waals surface area contributed by atoms with Crippen molar-refractivity contribution >= 4 is 11.8 Å². The smallest absolute Gasteiger partial charge is 0.284 e. The summed E-state index contributed by atoms with van der Waals surface area (Å²) in [5.74, 6) is 0.774. The van der Waals surface area contributed by atoms with E-state index in [9.17, 15) is 9.59 Å². The van der Waals surface area contributed by atoms with Crippen molar-refractivity contribution in [3.05, 3.63) is 17.4 Å². The Morgan fingerprint density at radius 2 is 2.29 bits per heavy atom. The van der Waals surface area contributed by atoms with Crippen molar-refractivity contribution in [2.75, 3.05) is 7.11 Å². The number of aryl methyl sites for hydroxylation is 1. The molecule has 1 aliphatic carbocycles. The molecule has 2 aliphatic rings. The number of hydrogen-bond acceptors (Lipinski definition) is 4. The summed E-state index contributed by atoms with van der Waals surface area (Å²) in [5, 5.41) is 2.39. The maximum atomic E-state index is 12.0. The zero-order chi connectivity index (χ0) is 12.0. The largest absolute Gasteiger partial charge is 0.468 e. The Balaban J connectivity index is 2.13. The Morgan fingerprint density at radius 1 is 1.47 bits per heavy atom. The summed E-state index contributed by atoms with van der Waals surface area (Å²) in [5.41, 5.74) is 0.106. The molecule has 5 nitrogen and oxygen atoms in total. The van der Waals surface area contributed by atoms with E-state index in [1.165, 1.54) is 7.11 Å². The van der Waals surface area contributed by atoms with E-state index in [1.54, 1.807) is 6.07 Å². The van der Waals surface area contributed by atoms with Gasteiger partial charge in [0.05, 0.1) is 12.5 Å². The average molecular weight is 235 g/mol. The van der Waals surface area contributed by atoms with Gasteiger partial charge in [0.15, 0.2) is 0 Å². The van der Waals surface area contributed by atoms with Gasteiger partial charge in [0.1, 0.15) is 5.76 Å². The van der Waals surface area contributed by atoms with Crippen LogP contribution in [0.25, 0.3) is 0 Å². The number of furan rings is 1. The van der Waals surface area contributed by atoms with Gasteiger partial charge in [-0.05, 0) is 12.8 Å². The molecule has 2 amide bonds. The van der Waals surface area contributed by atoms with Gasteiger partial charge in [-0.3, -0.25) is 14.9 Å². The molecule has 0 radical (unpaired) electrons. The third-order valence-electron chi connectivity index (χ3n) is 3.66. The molecule has 1 aromatic heterocycles. The maximum absolute atomic E-state index is 12.0. The lowest BCUT2D eigenvalue weighted by Crippen LogP contribution is -2.38. The van der Waals surface area contributed by atoms with Crippen LogP contribution < -0.4 is 10.1 Å². The van der Waals surface area contributed by atoms with E-state index in [1.807, 2.05) is 0 Å². The molecule has 1 unspecified atom stereocenters. The van der Waals surface area contributed by atoms with Gasteiger partial charge in [0.2, 0.25) is 11.8 Å². The minimum atomic E-state index is -0.717. The van der Waals surface area contributed by atoms with Crippen molar-refractivity contribution in [2.24, 2.45) is 0 Å². The van der Waals surface area contributed by atoms with E-state index in [4.69, 9.17) is 9.15 Å². The first kappa shape index (κ1) is 10.4. The van der Waals surface area contributed by atoms with Gasteiger partial charge in [-0.2, -0.15) is 0 Å². The number of carbonyl (C=O) groups is 2. The fourth-order valence-corrected chi connectivity index (χ4v) is 2.85. The number of hydrogen-bond donors (Lipinski definition) is 1. The van der Waals surface area contributed by atoms with Gasteiger partial charge < -0.3 is 9.15 Å². The average Bonchev–Trinajstić information content (AvgIpc) is 2.83. The molecule has 1 aromatic rings. The highest BCUT2D eigenvalue weighted by Crippen LogP contribution is 2.45. The molecule has 17 heavy (non-hydrogen) atoms. The molecule has 3 rings (SSSR count). The third kappa shape index (κ3) is 1.31. The van der Waals surface area contributed by atoms with Crippen LogP contribution in [0.4, 0.5) is 0 Å². The highest BCUT2D eigenvalue weighted by molar-refractivity contribution is 6.09. The summed E-state index contributed by atoms with van der Waals surface area (Å²) in [6.07, 6.45) is 2.56. The predicted molar refractivity (Wildman–Crippen MR) is 57.6 cm³/mol. The summed E-state index contributed by atoms with van der Waals surface area (Å²) in [7, 11) is 1.52. The monoisotopic (exact) mass is 235 g/mol. The molecule has 1 saturated heterocycles. The first-order chi connectivity index (χ1) is 8.15. The zero-order valence-corrected chi connectivity index (χ0v) is 9.54. The van der Waals surface area contributed by atoms with Gasteiger partial charge >= 0.3 is 0 Å². The zero-order valence-electron chi connectivity index (χ0n) is 9.54. The van der Waals surface area contributed by atoms with Crippen molar-refractivity contribution in [3.8, 4) is 5.95 Å². The molecule has 90 valence electrons. The molecule has 2 heterocycles.